The molecule has 17 heavy (non-hydrogen) atoms. The van der Waals surface area contributed by atoms with Gasteiger partial charge in [0.2, 0.25) is 0 Å². The van der Waals surface area contributed by atoms with Crippen LogP contribution in [-0.2, 0) is 6.54 Å². The maximum atomic E-state index is 8.96. The summed E-state index contributed by atoms with van der Waals surface area (Å²) >= 11 is 0. The normalized spacial score (nSPS) is 12.8. The predicted octanol–water partition coefficient (Wildman–Crippen LogP) is 2.56. The second-order valence-electron chi connectivity index (χ2n) is 4.56. The fourth-order valence-corrected chi connectivity index (χ4v) is 1.96. The lowest BCUT2D eigenvalue weighted by Crippen LogP contribution is -2.22. The Balaban J connectivity index is 2.08. The van der Waals surface area contributed by atoms with Gasteiger partial charge in [0.1, 0.15) is 0 Å². The van der Waals surface area contributed by atoms with Crippen LogP contribution in [0.3, 0.4) is 0 Å². The highest BCUT2D eigenvalue weighted by molar-refractivity contribution is 5.85. The lowest BCUT2D eigenvalue weighted by atomic mass is 10.0. The predicted molar refractivity (Wildman–Crippen MR) is 71.9 cm³/mol. The zero-order chi connectivity index (χ0) is 12.1. The van der Waals surface area contributed by atoms with Crippen LogP contribution < -0.4 is 5.32 Å². The molecule has 1 atom stereocenters. The molecule has 0 aliphatic rings. The molecule has 2 aromatic rings. The van der Waals surface area contributed by atoms with E-state index in [0.717, 1.165) is 13.1 Å². The van der Waals surface area contributed by atoms with Crippen molar-refractivity contribution in [2.24, 2.45) is 5.92 Å². The smallest absolute Gasteiger partial charge is 0.0468 e. The highest BCUT2D eigenvalue weighted by atomic mass is 16.3. The van der Waals surface area contributed by atoms with Gasteiger partial charge in [-0.05, 0) is 22.3 Å². The molecule has 0 amide bonds. The molecule has 2 nitrogen and oxygen atoms in total. The molecule has 0 aliphatic heterocycles. The Bertz CT molecular complexity index is 476. The van der Waals surface area contributed by atoms with Gasteiger partial charge in [-0.25, -0.2) is 0 Å². The summed E-state index contributed by atoms with van der Waals surface area (Å²) in [4.78, 5) is 0. The van der Waals surface area contributed by atoms with Gasteiger partial charge in [-0.3, -0.25) is 0 Å². The van der Waals surface area contributed by atoms with Crippen molar-refractivity contribution < 1.29 is 5.11 Å². The summed E-state index contributed by atoms with van der Waals surface area (Å²) in [5.41, 5.74) is 1.31. The first-order chi connectivity index (χ1) is 8.31. The lowest BCUT2D eigenvalue weighted by molar-refractivity contribution is 0.233. The number of hydrogen-bond acceptors (Lipinski definition) is 2. The van der Waals surface area contributed by atoms with Gasteiger partial charge in [-0.1, -0.05) is 49.4 Å². The van der Waals surface area contributed by atoms with E-state index < -0.39 is 0 Å². The van der Waals surface area contributed by atoms with Gasteiger partial charge in [0, 0.05) is 19.7 Å². The van der Waals surface area contributed by atoms with Crippen molar-refractivity contribution in [3.8, 4) is 0 Å². The van der Waals surface area contributed by atoms with Crippen LogP contribution in [0.25, 0.3) is 10.8 Å². The summed E-state index contributed by atoms with van der Waals surface area (Å²) in [5, 5.41) is 14.9. The molecule has 2 heteroatoms. The van der Waals surface area contributed by atoms with Gasteiger partial charge in [0.15, 0.2) is 0 Å². The van der Waals surface area contributed by atoms with Crippen molar-refractivity contribution in [3.05, 3.63) is 48.0 Å². The first-order valence-corrected chi connectivity index (χ1v) is 6.09. The highest BCUT2D eigenvalue weighted by Crippen LogP contribution is 2.18. The van der Waals surface area contributed by atoms with Crippen molar-refractivity contribution in [1.29, 1.82) is 0 Å². The molecule has 2 aromatic carbocycles. The Morgan fingerprint density at radius 2 is 1.88 bits per heavy atom. The molecule has 1 unspecified atom stereocenters. The Kier molecular flexibility index (Phi) is 4.13. The minimum atomic E-state index is 0.239. The Morgan fingerprint density at radius 1 is 1.12 bits per heavy atom. The summed E-state index contributed by atoms with van der Waals surface area (Å²) in [7, 11) is 0. The molecule has 0 radical (unpaired) electrons. The van der Waals surface area contributed by atoms with Gasteiger partial charge in [-0.15, -0.1) is 0 Å². The topological polar surface area (TPSA) is 32.3 Å². The maximum Gasteiger partial charge on any atom is 0.0468 e. The summed E-state index contributed by atoms with van der Waals surface area (Å²) in [5.74, 6) is 0.310. The number of fused-ring (bicyclic) bond motifs is 1. The molecule has 0 fully saturated rings. The van der Waals surface area contributed by atoms with Crippen LogP contribution in [0.1, 0.15) is 12.5 Å². The second kappa shape index (κ2) is 5.80. The minimum absolute atomic E-state index is 0.239. The highest BCUT2D eigenvalue weighted by Gasteiger charge is 2.02. The van der Waals surface area contributed by atoms with Crippen molar-refractivity contribution in [1.82, 2.24) is 5.32 Å². The van der Waals surface area contributed by atoms with Crippen LogP contribution in [0.5, 0.6) is 0 Å². The molecular formula is C15H19NO. The van der Waals surface area contributed by atoms with E-state index in [0.29, 0.717) is 5.92 Å². The van der Waals surface area contributed by atoms with Crippen LogP contribution in [0.15, 0.2) is 42.5 Å². The zero-order valence-corrected chi connectivity index (χ0v) is 10.2. The third-order valence-corrected chi connectivity index (χ3v) is 3.00. The van der Waals surface area contributed by atoms with Crippen molar-refractivity contribution in [2.75, 3.05) is 13.2 Å². The van der Waals surface area contributed by atoms with E-state index in [2.05, 4.69) is 47.8 Å². The van der Waals surface area contributed by atoms with Crippen LogP contribution in [0, 0.1) is 5.92 Å². The van der Waals surface area contributed by atoms with Crippen LogP contribution >= 0.6 is 0 Å². The quantitative estimate of drug-likeness (QED) is 0.826. The van der Waals surface area contributed by atoms with Gasteiger partial charge < -0.3 is 10.4 Å². The van der Waals surface area contributed by atoms with E-state index in [9.17, 15) is 0 Å². The Labute approximate surface area is 102 Å². The van der Waals surface area contributed by atoms with Crippen LogP contribution in [0.2, 0.25) is 0 Å². The Hall–Kier alpha value is -1.38. The number of rotatable bonds is 5. The molecule has 0 saturated carbocycles. The summed E-state index contributed by atoms with van der Waals surface area (Å²) in [6.45, 7) is 3.98. The van der Waals surface area contributed by atoms with E-state index in [4.69, 9.17) is 5.11 Å². The third kappa shape index (κ3) is 3.05. The van der Waals surface area contributed by atoms with Gasteiger partial charge >= 0.3 is 0 Å². The minimum Gasteiger partial charge on any atom is -0.396 e. The van der Waals surface area contributed by atoms with Gasteiger partial charge in [0.25, 0.3) is 0 Å². The molecule has 90 valence electrons. The number of hydrogen-bond donors (Lipinski definition) is 2. The van der Waals surface area contributed by atoms with Crippen molar-refractivity contribution in [2.45, 2.75) is 13.5 Å². The van der Waals surface area contributed by atoms with Crippen LogP contribution in [0.4, 0.5) is 0 Å². The largest absolute Gasteiger partial charge is 0.396 e. The monoisotopic (exact) mass is 229 g/mol. The number of aliphatic hydroxyl groups excluding tert-OH is 1. The van der Waals surface area contributed by atoms with E-state index in [1.165, 1.54) is 16.3 Å². The average molecular weight is 229 g/mol. The van der Waals surface area contributed by atoms with Crippen molar-refractivity contribution >= 4 is 10.8 Å². The van der Waals surface area contributed by atoms with Crippen molar-refractivity contribution in [3.63, 3.8) is 0 Å². The number of aliphatic hydroxyl groups is 1. The molecule has 2 N–H and O–H groups in total. The Morgan fingerprint density at radius 3 is 2.71 bits per heavy atom. The summed E-state index contributed by atoms with van der Waals surface area (Å²) in [6, 6.07) is 14.8. The van der Waals surface area contributed by atoms with Gasteiger partial charge in [-0.2, -0.15) is 0 Å². The van der Waals surface area contributed by atoms with E-state index in [1.807, 2.05) is 6.92 Å². The number of nitrogens with one attached hydrogen (secondary N) is 1. The van der Waals surface area contributed by atoms with E-state index >= 15 is 0 Å². The van der Waals surface area contributed by atoms with Gasteiger partial charge in [0.05, 0.1) is 0 Å². The van der Waals surface area contributed by atoms with Crippen LogP contribution in [-0.4, -0.2) is 18.3 Å². The molecule has 2 rings (SSSR count). The molecule has 0 saturated heterocycles. The maximum absolute atomic E-state index is 8.96. The number of benzene rings is 2. The lowest BCUT2D eigenvalue weighted by Gasteiger charge is -2.11. The fourth-order valence-electron chi connectivity index (χ4n) is 1.96. The molecule has 0 aromatic heterocycles. The first kappa shape index (κ1) is 12.1. The molecular weight excluding hydrogens is 210 g/mol. The first-order valence-electron chi connectivity index (χ1n) is 6.09. The third-order valence-electron chi connectivity index (χ3n) is 3.00. The summed E-state index contributed by atoms with van der Waals surface area (Å²) in [6.07, 6.45) is 0. The van der Waals surface area contributed by atoms with E-state index in [-0.39, 0.29) is 6.61 Å². The fraction of sp³-hybridized carbons (Fsp3) is 0.333. The second-order valence-corrected chi connectivity index (χ2v) is 4.56. The summed E-state index contributed by atoms with van der Waals surface area (Å²) < 4.78 is 0. The molecule has 0 heterocycles. The molecule has 0 aliphatic carbocycles. The zero-order valence-electron chi connectivity index (χ0n) is 10.2. The standard InChI is InChI=1S/C15H19NO/c1-12(11-17)9-16-10-14-7-4-6-13-5-2-3-8-15(13)14/h2-8,12,16-17H,9-11H2,1H3. The molecule has 0 bridgehead atoms. The SMILES string of the molecule is CC(CO)CNCc1cccc2ccccc12. The molecule has 0 spiro atoms. The van der Waals surface area contributed by atoms with E-state index in [1.54, 1.807) is 0 Å². The average Bonchev–Trinajstić information content (AvgIpc) is 2.39.